The van der Waals surface area contributed by atoms with E-state index in [2.05, 4.69) is 186 Å². The zero-order chi connectivity index (χ0) is 37.3. The predicted molar refractivity (Wildman–Crippen MR) is 220 cm³/mol. The topological polar surface area (TPSA) is 33.5 Å². The Hall–Kier alpha value is -4.86. The van der Waals surface area contributed by atoms with Crippen LogP contribution in [-0.4, -0.2) is 9.55 Å². The number of nitrogens with zero attached hydrogens (tertiary/aromatic N) is 4. The summed E-state index contributed by atoms with van der Waals surface area (Å²) < 4.78 is 8.84. The van der Waals surface area contributed by atoms with E-state index in [0.717, 1.165) is 45.0 Å². The third kappa shape index (κ3) is 6.84. The summed E-state index contributed by atoms with van der Waals surface area (Å²) >= 11 is 0. The minimum absolute atomic E-state index is 0. The summed E-state index contributed by atoms with van der Waals surface area (Å²) in [6.45, 7) is 22.4. The Morgan fingerprint density at radius 1 is 0.611 bits per heavy atom. The SMILES string of the molecule is CC(C)(C)c1cccc(N2[CH-]N(c3[c-]c(Oc4[c-]c5c(cc4)c4c(C(C)(C)C)cccc4n5-c4cc(C(C)(C)C)ccn4)ccc3)c3ccccc32)c1.[Pt]. The Labute approximate surface area is 334 Å². The first-order chi connectivity index (χ1) is 25.2. The van der Waals surface area contributed by atoms with E-state index in [1.807, 2.05) is 24.4 Å². The van der Waals surface area contributed by atoms with Crippen LogP contribution in [-0.2, 0) is 37.3 Å². The van der Waals surface area contributed by atoms with Gasteiger partial charge in [-0.05, 0) is 80.8 Å². The molecule has 6 heteroatoms. The van der Waals surface area contributed by atoms with Crippen molar-refractivity contribution in [2.75, 3.05) is 9.80 Å². The summed E-state index contributed by atoms with van der Waals surface area (Å²) in [4.78, 5) is 9.33. The summed E-state index contributed by atoms with van der Waals surface area (Å²) in [5.41, 5.74) is 10.0. The molecule has 0 saturated carbocycles. The van der Waals surface area contributed by atoms with E-state index in [1.165, 1.54) is 22.1 Å². The first-order valence-electron chi connectivity index (χ1n) is 18.5. The Bertz CT molecular complexity index is 2490. The van der Waals surface area contributed by atoms with Crippen LogP contribution in [0.4, 0.5) is 22.7 Å². The van der Waals surface area contributed by atoms with Crippen molar-refractivity contribution in [3.8, 4) is 17.3 Å². The second-order valence-electron chi connectivity index (χ2n) is 17.2. The van der Waals surface area contributed by atoms with Gasteiger partial charge in [-0.3, -0.25) is 0 Å². The van der Waals surface area contributed by atoms with Gasteiger partial charge in [0.05, 0.1) is 0 Å². The molecule has 7 aromatic rings. The zero-order valence-corrected chi connectivity index (χ0v) is 34.8. The maximum absolute atomic E-state index is 6.60. The van der Waals surface area contributed by atoms with Crippen molar-refractivity contribution in [3.63, 3.8) is 0 Å². The first-order valence-corrected chi connectivity index (χ1v) is 18.5. The number of fused-ring (bicyclic) bond motifs is 4. The molecule has 278 valence electrons. The number of aromatic nitrogens is 2. The predicted octanol–water partition coefficient (Wildman–Crippen LogP) is 12.9. The van der Waals surface area contributed by atoms with Gasteiger partial charge in [0.25, 0.3) is 0 Å². The number of anilines is 4. The molecule has 2 aromatic heterocycles. The fraction of sp³-hybridized carbons (Fsp3) is 0.250. The summed E-state index contributed by atoms with van der Waals surface area (Å²) in [7, 11) is 0. The van der Waals surface area contributed by atoms with Crippen LogP contribution in [0.1, 0.15) is 79.0 Å². The molecule has 0 aliphatic carbocycles. The molecule has 1 aliphatic heterocycles. The zero-order valence-electron chi connectivity index (χ0n) is 32.6. The Balaban J connectivity index is 0.00000450. The van der Waals surface area contributed by atoms with E-state index in [-0.39, 0.29) is 37.3 Å². The van der Waals surface area contributed by atoms with E-state index in [0.29, 0.717) is 11.5 Å². The molecule has 0 spiro atoms. The molecule has 3 heterocycles. The quantitative estimate of drug-likeness (QED) is 0.161. The smallest absolute Gasteiger partial charge is 0.135 e. The molecule has 0 N–H and O–H groups in total. The maximum Gasteiger partial charge on any atom is 0.135 e. The van der Waals surface area contributed by atoms with Crippen LogP contribution in [0.25, 0.3) is 27.6 Å². The van der Waals surface area contributed by atoms with Gasteiger partial charge in [0.1, 0.15) is 5.82 Å². The number of ether oxygens (including phenoxy) is 1. The van der Waals surface area contributed by atoms with Gasteiger partial charge in [0, 0.05) is 61.3 Å². The molecule has 1 aliphatic rings. The van der Waals surface area contributed by atoms with Gasteiger partial charge >= 0.3 is 0 Å². The summed E-state index contributed by atoms with van der Waals surface area (Å²) in [6, 6.07) is 45.6. The number of para-hydroxylation sites is 2. The molecule has 0 radical (unpaired) electrons. The Kier molecular flexibility index (Phi) is 9.55. The van der Waals surface area contributed by atoms with Crippen LogP contribution < -0.4 is 14.5 Å². The van der Waals surface area contributed by atoms with Gasteiger partial charge in [-0.25, -0.2) is 4.98 Å². The van der Waals surface area contributed by atoms with E-state index in [9.17, 15) is 0 Å². The van der Waals surface area contributed by atoms with Crippen LogP contribution in [0.2, 0.25) is 0 Å². The number of hydrogen-bond acceptors (Lipinski definition) is 4. The molecule has 0 saturated heterocycles. The van der Waals surface area contributed by atoms with Crippen LogP contribution in [0.5, 0.6) is 11.5 Å². The van der Waals surface area contributed by atoms with Crippen LogP contribution >= 0.6 is 0 Å². The van der Waals surface area contributed by atoms with Gasteiger partial charge < -0.3 is 19.1 Å². The Morgan fingerprint density at radius 2 is 1.28 bits per heavy atom. The molecule has 0 atom stereocenters. The molecular formula is C48H47N4OPt-3. The fourth-order valence-electron chi connectivity index (χ4n) is 7.29. The van der Waals surface area contributed by atoms with Gasteiger partial charge in [-0.1, -0.05) is 104 Å². The number of benzene rings is 5. The van der Waals surface area contributed by atoms with Crippen molar-refractivity contribution >= 4 is 44.6 Å². The van der Waals surface area contributed by atoms with Gasteiger partial charge in [-0.2, -0.15) is 12.1 Å². The summed E-state index contributed by atoms with van der Waals surface area (Å²) in [6.07, 6.45) is 1.91. The van der Waals surface area contributed by atoms with Crippen molar-refractivity contribution < 1.29 is 25.8 Å². The minimum atomic E-state index is -0.0555. The summed E-state index contributed by atoms with van der Waals surface area (Å²) in [5, 5.41) is 2.34. The largest absolute Gasteiger partial charge is 0.509 e. The number of rotatable bonds is 5. The number of hydrogen-bond donors (Lipinski definition) is 0. The first kappa shape index (κ1) is 37.5. The van der Waals surface area contributed by atoms with Crippen molar-refractivity contribution in [2.45, 2.75) is 78.6 Å². The molecule has 5 nitrogen and oxygen atoms in total. The molecule has 5 aromatic carbocycles. The fourth-order valence-corrected chi connectivity index (χ4v) is 7.29. The average molecular weight is 891 g/mol. The van der Waals surface area contributed by atoms with Crippen molar-refractivity contribution in [3.05, 3.63) is 151 Å². The van der Waals surface area contributed by atoms with Crippen LogP contribution in [0, 0.1) is 18.8 Å². The van der Waals surface area contributed by atoms with Gasteiger partial charge in [-0.15, -0.1) is 48.1 Å². The summed E-state index contributed by atoms with van der Waals surface area (Å²) in [5.74, 6) is 2.10. The third-order valence-corrected chi connectivity index (χ3v) is 10.2. The van der Waals surface area contributed by atoms with Crippen molar-refractivity contribution in [2.24, 2.45) is 0 Å². The van der Waals surface area contributed by atoms with Crippen LogP contribution in [0.3, 0.4) is 0 Å². The standard InChI is InChI=1S/C48H47N4O.Pt/c1-46(2,3)32-15-12-16-34(27-32)50-31-51(41-21-11-10-20-40(41)50)35-17-13-18-36(29-35)53-37-23-24-38-43(30-37)52(44-28-33(25-26-49-44)47(4,5)6)42-22-14-19-39(45(38)42)48(7,8)9;/h10-28,31H,1-9H3;/q-3;. The van der Waals surface area contributed by atoms with E-state index in [4.69, 9.17) is 9.72 Å². The average Bonchev–Trinajstić information content (AvgIpc) is 3.67. The second-order valence-corrected chi connectivity index (χ2v) is 17.2. The molecule has 8 rings (SSSR count). The third-order valence-electron chi connectivity index (χ3n) is 10.2. The normalized spacial score (nSPS) is 13.4. The van der Waals surface area contributed by atoms with Gasteiger partial charge in [0.2, 0.25) is 0 Å². The van der Waals surface area contributed by atoms with Crippen molar-refractivity contribution in [1.29, 1.82) is 0 Å². The van der Waals surface area contributed by atoms with E-state index in [1.54, 1.807) is 0 Å². The van der Waals surface area contributed by atoms with E-state index >= 15 is 0 Å². The monoisotopic (exact) mass is 890 g/mol. The molecule has 0 unspecified atom stereocenters. The van der Waals surface area contributed by atoms with Gasteiger partial charge in [0.15, 0.2) is 0 Å². The van der Waals surface area contributed by atoms with Crippen molar-refractivity contribution in [1.82, 2.24) is 9.55 Å². The Morgan fingerprint density at radius 3 is 2.00 bits per heavy atom. The van der Waals surface area contributed by atoms with E-state index < -0.39 is 0 Å². The molecule has 0 amide bonds. The number of pyridine rings is 1. The second kappa shape index (κ2) is 13.8. The molecule has 0 bridgehead atoms. The maximum atomic E-state index is 6.60. The molecular weight excluding hydrogens is 844 g/mol. The molecule has 0 fully saturated rings. The minimum Gasteiger partial charge on any atom is -0.509 e. The molecule has 54 heavy (non-hydrogen) atoms. The van der Waals surface area contributed by atoms with Crippen LogP contribution in [0.15, 0.2) is 115 Å².